The van der Waals surface area contributed by atoms with E-state index < -0.39 is 106 Å². The highest BCUT2D eigenvalue weighted by atomic mass is 28.3. The van der Waals surface area contributed by atoms with Crippen molar-refractivity contribution in [3.8, 4) is 0 Å². The third kappa shape index (κ3) is 11.0. The van der Waals surface area contributed by atoms with Gasteiger partial charge in [0.15, 0.2) is 43.1 Å². The molecule has 0 aliphatic carbocycles. The van der Waals surface area contributed by atoms with Gasteiger partial charge in [0, 0.05) is 49.3 Å². The first-order valence-electron chi connectivity index (χ1n) is 14.6. The van der Waals surface area contributed by atoms with Crippen molar-refractivity contribution in [1.29, 1.82) is 0 Å². The van der Waals surface area contributed by atoms with E-state index in [-0.39, 0.29) is 13.4 Å². The molecule has 0 N–H and O–H groups in total. The number of hydrogen-bond donors (Lipinski definition) is 0. The van der Waals surface area contributed by atoms with Crippen LogP contribution in [0.15, 0.2) is 0 Å². The Morgan fingerprint density at radius 3 is 1.80 bits per heavy atom. The Balaban J connectivity index is 2.02. The topological polar surface area (TPSA) is 187 Å². The number of carbonyl (C=O) groups is 5. The number of carbonyl (C=O) groups excluding carboxylic acids is 5. The fraction of sp³-hybridized carbons (Fsp3) is 0.821. The molecule has 10 atom stereocenters. The van der Waals surface area contributed by atoms with Crippen LogP contribution in [0.5, 0.6) is 0 Å². The minimum Gasteiger partial charge on any atom is -0.463 e. The van der Waals surface area contributed by atoms with E-state index in [0.717, 1.165) is 19.9 Å². The van der Waals surface area contributed by atoms with E-state index in [2.05, 4.69) is 19.6 Å². The van der Waals surface area contributed by atoms with Crippen molar-refractivity contribution in [2.45, 2.75) is 122 Å². The van der Waals surface area contributed by atoms with Gasteiger partial charge < -0.3 is 52.1 Å². The Kier molecular flexibility index (Phi) is 13.3. The van der Waals surface area contributed by atoms with Crippen LogP contribution >= 0.6 is 0 Å². The van der Waals surface area contributed by atoms with Gasteiger partial charge in [-0.3, -0.25) is 24.0 Å². The van der Waals surface area contributed by atoms with Crippen molar-refractivity contribution in [3.63, 3.8) is 0 Å². The van der Waals surface area contributed by atoms with Crippen molar-refractivity contribution in [1.82, 2.24) is 0 Å². The minimum atomic E-state index is -1.52. The second-order valence-electron chi connectivity index (χ2n) is 12.1. The Morgan fingerprint density at radius 1 is 0.689 bits per heavy atom. The second-order valence-corrected chi connectivity index (χ2v) is 17.7. The highest BCUT2D eigenvalue weighted by Crippen LogP contribution is 2.36. The molecule has 0 aromatic rings. The van der Waals surface area contributed by atoms with Crippen molar-refractivity contribution in [2.75, 3.05) is 26.6 Å². The maximum Gasteiger partial charge on any atom is 0.303 e. The van der Waals surface area contributed by atoms with Gasteiger partial charge in [-0.25, -0.2) is 0 Å². The zero-order valence-corrected chi connectivity index (χ0v) is 27.8. The molecule has 0 radical (unpaired) electrons. The zero-order valence-electron chi connectivity index (χ0n) is 26.8. The molecule has 3 aliphatic heterocycles. The first kappa shape index (κ1) is 36.8. The van der Waals surface area contributed by atoms with E-state index >= 15 is 0 Å². The van der Waals surface area contributed by atoms with Crippen molar-refractivity contribution >= 4 is 37.9 Å². The van der Waals surface area contributed by atoms with Crippen LogP contribution in [-0.4, -0.2) is 126 Å². The predicted octanol–water partition coefficient (Wildman–Crippen LogP) is 0.839. The molecule has 3 saturated heterocycles. The quantitative estimate of drug-likeness (QED) is 0.181. The number of rotatable bonds is 10. The van der Waals surface area contributed by atoms with Gasteiger partial charge >= 0.3 is 29.8 Å². The van der Waals surface area contributed by atoms with Gasteiger partial charge in [-0.05, 0) is 6.04 Å². The van der Waals surface area contributed by atoms with E-state index in [1.165, 1.54) is 20.8 Å². The monoisotopic (exact) mass is 664 g/mol. The molecule has 0 bridgehead atoms. The van der Waals surface area contributed by atoms with Gasteiger partial charge in [0.25, 0.3) is 0 Å². The molecule has 16 nitrogen and oxygen atoms in total. The molecule has 0 unspecified atom stereocenters. The van der Waals surface area contributed by atoms with Crippen molar-refractivity contribution in [3.05, 3.63) is 0 Å². The molecule has 0 aromatic heterocycles. The Bertz CT molecular complexity index is 1060. The highest BCUT2D eigenvalue weighted by molar-refractivity contribution is 6.76. The van der Waals surface area contributed by atoms with Gasteiger partial charge in [-0.15, -0.1) is 0 Å². The third-order valence-electron chi connectivity index (χ3n) is 6.89. The molecule has 3 heterocycles. The van der Waals surface area contributed by atoms with Gasteiger partial charge in [-0.2, -0.15) is 0 Å². The van der Waals surface area contributed by atoms with Crippen LogP contribution in [0.25, 0.3) is 0 Å². The molecule has 256 valence electrons. The summed E-state index contributed by atoms with van der Waals surface area (Å²) in [6, 6.07) is 0.773. The first-order chi connectivity index (χ1) is 21.1. The largest absolute Gasteiger partial charge is 0.463 e. The molecule has 45 heavy (non-hydrogen) atoms. The van der Waals surface area contributed by atoms with Crippen molar-refractivity contribution in [2.24, 2.45) is 0 Å². The molecule has 0 spiro atoms. The highest BCUT2D eigenvalue weighted by Gasteiger charge is 2.57. The lowest BCUT2D eigenvalue weighted by molar-refractivity contribution is -0.357. The SMILES string of the molecule is CC(=O)OC[C@H]1O[C@@H]2O[C@@H]3[C@H](OC(C)=O)[C@@H](OC(C)=O)[C@H](OCC[Si](C)(C)C)O[C@@H]3COCO[C@@H]2[C@@H](OC(C)=O)[C@H]1OC(C)=O. The molecule has 3 fully saturated rings. The summed E-state index contributed by atoms with van der Waals surface area (Å²) in [5.74, 6) is -3.51. The Labute approximate surface area is 262 Å². The maximum absolute atomic E-state index is 12.4. The van der Waals surface area contributed by atoms with Crippen LogP contribution in [0, 0.1) is 0 Å². The summed E-state index contributed by atoms with van der Waals surface area (Å²) in [7, 11) is -1.52. The molecule has 0 saturated carbocycles. The van der Waals surface area contributed by atoms with Crippen LogP contribution in [0.1, 0.15) is 34.6 Å². The van der Waals surface area contributed by atoms with E-state index in [1.807, 2.05) is 0 Å². The van der Waals surface area contributed by atoms with Gasteiger partial charge in [-0.1, -0.05) is 19.6 Å². The molecule has 3 rings (SSSR count). The third-order valence-corrected chi connectivity index (χ3v) is 8.60. The smallest absolute Gasteiger partial charge is 0.303 e. The average Bonchev–Trinajstić information content (AvgIpc) is 2.98. The number of hydrogen-bond acceptors (Lipinski definition) is 16. The van der Waals surface area contributed by atoms with Gasteiger partial charge in [0.2, 0.25) is 0 Å². The maximum atomic E-state index is 12.4. The standard InChI is InChI=1S/C28H44O16Si/c1-14(29)36-12-20-21(38-15(2)30)23(39-16(3)31)25-28(43-20)44-22-19(11-34-13-37-25)42-27(35-9-10-45(6,7)8)26(41-18(5)33)24(22)40-17(4)32/h19-28H,9-13H2,1-8H3/t19-,20-,21+,22+,23+,24+,25-,26-,27-,28-/m1/s1. The lowest BCUT2D eigenvalue weighted by Gasteiger charge is -2.48. The van der Waals surface area contributed by atoms with Crippen LogP contribution in [-0.2, 0) is 76.1 Å². The minimum absolute atomic E-state index is 0.148. The molecular weight excluding hydrogens is 620 g/mol. The Hall–Kier alpha value is -2.67. The number of esters is 5. The summed E-state index contributed by atoms with van der Waals surface area (Å²) in [5, 5.41) is 0. The molecule has 0 amide bonds. The zero-order chi connectivity index (χ0) is 33.5. The van der Waals surface area contributed by atoms with E-state index in [0.29, 0.717) is 6.61 Å². The van der Waals surface area contributed by atoms with E-state index in [1.54, 1.807) is 0 Å². The van der Waals surface area contributed by atoms with Crippen LogP contribution < -0.4 is 0 Å². The summed E-state index contributed by atoms with van der Waals surface area (Å²) >= 11 is 0. The Morgan fingerprint density at radius 2 is 1.24 bits per heavy atom. The number of ether oxygens (including phenoxy) is 11. The summed E-state index contributed by atoms with van der Waals surface area (Å²) in [6.07, 6.45) is -12.3. The predicted molar refractivity (Wildman–Crippen MR) is 151 cm³/mol. The molecule has 0 aromatic carbocycles. The normalized spacial score (nSPS) is 33.5. The van der Waals surface area contributed by atoms with Crippen molar-refractivity contribution < 1.29 is 76.1 Å². The van der Waals surface area contributed by atoms with Crippen LogP contribution in [0.2, 0.25) is 25.7 Å². The van der Waals surface area contributed by atoms with Crippen LogP contribution in [0.4, 0.5) is 0 Å². The summed E-state index contributed by atoms with van der Waals surface area (Å²) in [4.78, 5) is 60.5. The lowest BCUT2D eigenvalue weighted by atomic mass is 9.96. The van der Waals surface area contributed by atoms with E-state index in [4.69, 9.17) is 52.1 Å². The molecule has 3 aliphatic rings. The summed E-state index contributed by atoms with van der Waals surface area (Å²) < 4.78 is 63.7. The van der Waals surface area contributed by atoms with Gasteiger partial charge in [0.1, 0.15) is 31.7 Å². The van der Waals surface area contributed by atoms with Gasteiger partial charge in [0.05, 0.1) is 6.61 Å². The molecular formula is C28H44O16Si. The average molecular weight is 665 g/mol. The second kappa shape index (κ2) is 16.2. The van der Waals surface area contributed by atoms with E-state index in [9.17, 15) is 24.0 Å². The first-order valence-corrected chi connectivity index (χ1v) is 18.4. The summed E-state index contributed by atoms with van der Waals surface area (Å²) in [6.45, 7) is 11.7. The lowest BCUT2D eigenvalue weighted by Crippen LogP contribution is -2.66. The van der Waals surface area contributed by atoms with Crippen LogP contribution in [0.3, 0.4) is 0 Å². The molecule has 17 heteroatoms. The fourth-order valence-electron chi connectivity index (χ4n) is 5.04. The fourth-order valence-corrected chi connectivity index (χ4v) is 5.77. The number of fused-ring (bicyclic) bond motifs is 2. The summed E-state index contributed by atoms with van der Waals surface area (Å²) in [5.41, 5.74) is 0.